The van der Waals surface area contributed by atoms with Crippen molar-refractivity contribution in [2.24, 2.45) is 0 Å². The van der Waals surface area contributed by atoms with Crippen LogP contribution in [0.2, 0.25) is 0 Å². The largest absolute Gasteiger partial charge is 1.00 e. The van der Waals surface area contributed by atoms with Crippen molar-refractivity contribution in [2.75, 3.05) is 10.7 Å². The van der Waals surface area contributed by atoms with E-state index in [0.717, 1.165) is 0 Å². The summed E-state index contributed by atoms with van der Waals surface area (Å²) in [6.07, 6.45) is -23.7. The third-order valence-electron chi connectivity index (χ3n) is 19.2. The number of nitrogens with zero attached hydrogens (tertiary/aromatic N) is 3. The molecule has 10 rings (SSSR count). The van der Waals surface area contributed by atoms with Gasteiger partial charge in [-0.2, -0.15) is 18.4 Å². The third-order valence-corrected chi connectivity index (χ3v) is 23.2. The SMILES string of the molecule is CC#N.CC(C)c1cc(C(C)C)c(-c2ccccc2[PH+](C(C)(C)C)C(C)(C)C)c(C(C)C)c1.ClCCl.ClCCl.Fc1c(F)c(F)c([B-](c2c(F)c(F)c(F)c(F)c2F)(c2c(F)c(F)c(F)c(F)c2F)n2cc[n+]([B-](c3c(F)c(F)c(F)c(F)c3F)(c3c(F)c(F)c(F)c(F)c3F)c3c(F)c(F)c(F)c(F)c3F)c2-c2ccc(C(F)(F)F)cc2)c(F)c1F.[Au+]. The smallest absolute Gasteiger partial charge is 0.418 e. The van der Waals surface area contributed by atoms with E-state index in [2.05, 4.69) is 119 Å². The van der Waals surface area contributed by atoms with Crippen LogP contribution in [0.5, 0.6) is 0 Å². The first kappa shape index (κ1) is 105. The normalized spacial score (nSPS) is 11.9. The summed E-state index contributed by atoms with van der Waals surface area (Å²) in [6, 6.07) is 13.7. The van der Waals surface area contributed by atoms with E-state index >= 15 is 105 Å². The van der Waals surface area contributed by atoms with Crippen LogP contribution >= 0.6 is 54.3 Å². The molecule has 0 fully saturated rings. The summed E-state index contributed by atoms with van der Waals surface area (Å²) in [5, 5.41) is 9.88. The molecule has 123 heavy (non-hydrogen) atoms. The molecule has 1 heterocycles. The number of alkyl halides is 7. The maximum Gasteiger partial charge on any atom is 1.00 e. The molecule has 0 bridgehead atoms. The molecule has 0 amide bonds. The van der Waals surface area contributed by atoms with Gasteiger partial charge >= 0.3 is 28.6 Å². The van der Waals surface area contributed by atoms with Gasteiger partial charge in [0.2, 0.25) is 0 Å². The van der Waals surface area contributed by atoms with Gasteiger partial charge in [-0.25, -0.2) is 132 Å². The standard InChI is InChI=1S/C46H6B2F33N2.C29H45P.C2H3N.2CH2Cl2.Au/c49-15-9(16(50)28(62)39(73)27(15)61)47(10-17(51)29(63)40(74)30(64)18(10)52,11-19(53)31(65)41(75)32(66)20(11)54)82-5-6-83(45(82)7-1-3-8(4-2-7)46(79,80)81)48(12-21(55)33(67)42(76)34(68)22(12)56,13-23(57)35(69)43(77)36(70)24(13)58)14-25(59)37(71)44(78)38(72)26(14)60;1-19(2)22-17-24(20(3)4)27(25(18-22)21(5)6)23-15-13-14-16-26(23)30(28(7,8)9)29(10,11)12;1-2-3;2*2-1-3;/h1-6H;13-21H,1-12H3;1H3;2*1H2;/q-1;;;;;+1/p+1. The second-order valence-corrected chi connectivity index (χ2v) is 35.3. The molecule has 0 saturated heterocycles. The predicted molar refractivity (Wildman–Crippen MR) is 399 cm³/mol. The fraction of sp³-hybridized carbons (Fsp3) is 0.266. The Hall–Kier alpha value is -8.17. The van der Waals surface area contributed by atoms with Crippen molar-refractivity contribution >= 4 is 105 Å². The molecule has 44 heteroatoms. The van der Waals surface area contributed by atoms with Gasteiger partial charge in [0.15, 0.2) is 111 Å². The first-order valence-corrected chi connectivity index (χ1v) is 38.3. The molecule has 0 saturated carbocycles. The maximum atomic E-state index is 17.0. The summed E-state index contributed by atoms with van der Waals surface area (Å²) in [7, 11) is -0.840. The minimum Gasteiger partial charge on any atom is -0.418 e. The van der Waals surface area contributed by atoms with Crippen LogP contribution < -0.4 is 42.6 Å². The van der Waals surface area contributed by atoms with Crippen LogP contribution in [0.25, 0.3) is 22.5 Å². The number of halogens is 37. The van der Waals surface area contributed by atoms with Gasteiger partial charge < -0.3 is 8.96 Å². The molecular formula is C79H59AuB2Cl4F33N3P+. The Balaban J connectivity index is 0.000000557. The van der Waals surface area contributed by atoms with Crippen LogP contribution in [0.4, 0.5) is 145 Å². The minimum absolute atomic E-state index is 0. The van der Waals surface area contributed by atoms with Gasteiger partial charge in [0, 0.05) is 20.4 Å². The van der Waals surface area contributed by atoms with Crippen molar-refractivity contribution in [3.05, 3.63) is 270 Å². The van der Waals surface area contributed by atoms with E-state index in [1.165, 1.54) is 34.7 Å². The zero-order valence-electron chi connectivity index (χ0n) is 64.9. The molecule has 0 unspecified atom stereocenters. The summed E-state index contributed by atoms with van der Waals surface area (Å²) >= 11 is 19.1. The van der Waals surface area contributed by atoms with Crippen LogP contribution in [0.1, 0.15) is 130 Å². The van der Waals surface area contributed by atoms with Gasteiger partial charge in [0.1, 0.15) is 75.1 Å². The zero-order chi connectivity index (χ0) is 93.6. The average Bonchev–Trinajstić information content (AvgIpc) is 1.52. The molecule has 0 spiro atoms. The van der Waals surface area contributed by atoms with Crippen LogP contribution in [-0.2, 0) is 28.6 Å². The molecule has 0 N–H and O–H groups in total. The number of rotatable bonds is 14. The van der Waals surface area contributed by atoms with Crippen molar-refractivity contribution < 1.29 is 172 Å². The quantitative estimate of drug-likeness (QED) is 0.0267. The number of nitriles is 1. The van der Waals surface area contributed by atoms with E-state index in [1.807, 2.05) is 0 Å². The van der Waals surface area contributed by atoms with Crippen molar-refractivity contribution in [3.63, 3.8) is 0 Å². The van der Waals surface area contributed by atoms with Crippen LogP contribution in [0.3, 0.4) is 0 Å². The van der Waals surface area contributed by atoms with E-state index in [0.29, 0.717) is 17.8 Å². The summed E-state index contributed by atoms with van der Waals surface area (Å²) in [5.74, 6) is -119. The third kappa shape index (κ3) is 18.7. The van der Waals surface area contributed by atoms with E-state index in [-0.39, 0.29) is 43.4 Å². The zero-order valence-corrected chi connectivity index (χ0v) is 71.0. The molecule has 0 aliphatic carbocycles. The Labute approximate surface area is 715 Å². The predicted octanol–water partition coefficient (Wildman–Crippen LogP) is 23.2. The molecule has 10 aromatic rings. The Morgan fingerprint density at radius 1 is 0.382 bits per heavy atom. The monoisotopic (exact) mass is 2070 g/mol. The minimum atomic E-state index is -7.79. The Kier molecular flexibility index (Phi) is 34.4. The van der Waals surface area contributed by atoms with E-state index in [4.69, 9.17) is 51.7 Å². The van der Waals surface area contributed by atoms with Crippen LogP contribution in [-0.4, -0.2) is 38.0 Å². The Morgan fingerprint density at radius 2 is 0.618 bits per heavy atom. The van der Waals surface area contributed by atoms with E-state index in [1.54, 1.807) is 11.4 Å². The summed E-state index contributed by atoms with van der Waals surface area (Å²) in [4.78, 5) is 0. The Morgan fingerprint density at radius 3 is 0.846 bits per heavy atom. The number of benzene rings is 9. The summed E-state index contributed by atoms with van der Waals surface area (Å²) in [6.45, 7) is 30.1. The second kappa shape index (κ2) is 40.2. The first-order valence-electron chi connectivity index (χ1n) is 34.7. The van der Waals surface area contributed by atoms with Crippen molar-refractivity contribution in [1.29, 1.82) is 5.26 Å². The van der Waals surface area contributed by atoms with Gasteiger partial charge in [-0.3, -0.25) is 0 Å². The molecule has 1 aromatic heterocycles. The molecule has 0 radical (unpaired) electrons. The molecular weight excluding hydrogens is 2010 g/mol. The van der Waals surface area contributed by atoms with Gasteiger partial charge in [-0.15, -0.1) is 46.4 Å². The maximum absolute atomic E-state index is 17.0. The topological polar surface area (TPSA) is 32.6 Å². The number of hydrogen-bond acceptors (Lipinski definition) is 1. The van der Waals surface area contributed by atoms with E-state index < -0.39 is 297 Å². The summed E-state index contributed by atoms with van der Waals surface area (Å²) < 4.78 is 522. The van der Waals surface area contributed by atoms with Crippen LogP contribution in [0.15, 0.2) is 73.1 Å². The molecule has 0 atom stereocenters. The van der Waals surface area contributed by atoms with Crippen molar-refractivity contribution in [1.82, 2.24) is 4.48 Å². The Bertz CT molecular complexity index is 4950. The molecule has 9 aromatic carbocycles. The number of aromatic nitrogens is 2. The fourth-order valence-corrected chi connectivity index (χ4v) is 19.5. The number of hydrogen-bond donors (Lipinski definition) is 0. The first-order chi connectivity index (χ1) is 56.3. The van der Waals surface area contributed by atoms with Gasteiger partial charge in [0.25, 0.3) is 12.6 Å². The van der Waals surface area contributed by atoms with Gasteiger partial charge in [-0.05, 0) is 112 Å². The fourth-order valence-electron chi connectivity index (χ4n) is 14.9. The number of imidazole rings is 1. The van der Waals surface area contributed by atoms with Crippen molar-refractivity contribution in [2.45, 2.75) is 124 Å². The molecule has 3 nitrogen and oxygen atoms in total. The second-order valence-electron chi connectivity index (χ2n) is 29.4. The van der Waals surface area contributed by atoms with Crippen molar-refractivity contribution in [3.8, 4) is 28.6 Å². The summed E-state index contributed by atoms with van der Waals surface area (Å²) in [5.41, 5.74) is -20.4. The van der Waals surface area contributed by atoms with Gasteiger partial charge in [-0.1, -0.05) is 105 Å². The van der Waals surface area contributed by atoms with Crippen LogP contribution in [0, 0.1) is 186 Å². The average molecular weight is 2070 g/mol. The van der Waals surface area contributed by atoms with Gasteiger partial charge in [0.05, 0.1) is 50.6 Å². The molecule has 0 aliphatic rings. The van der Waals surface area contributed by atoms with E-state index in [9.17, 15) is 39.5 Å². The molecule has 670 valence electrons. The molecule has 0 aliphatic heterocycles.